The number of nitrogens with zero attached hydrogens (tertiary/aromatic N) is 1. The van der Waals surface area contributed by atoms with Crippen molar-refractivity contribution < 1.29 is 18.3 Å². The van der Waals surface area contributed by atoms with Crippen molar-refractivity contribution in [2.45, 2.75) is 36.7 Å². The quantitative estimate of drug-likeness (QED) is 0.871. The molecule has 7 heteroatoms. The molecule has 116 valence electrons. The van der Waals surface area contributed by atoms with E-state index in [9.17, 15) is 13.2 Å². The summed E-state index contributed by atoms with van der Waals surface area (Å²) in [6.45, 7) is 2.93. The van der Waals surface area contributed by atoms with E-state index in [1.165, 1.54) is 24.3 Å². The van der Waals surface area contributed by atoms with Crippen molar-refractivity contribution in [3.63, 3.8) is 0 Å². The number of likely N-dealkylation sites (tertiary alicyclic amines) is 1. The summed E-state index contributed by atoms with van der Waals surface area (Å²) in [6.07, 6.45) is 1.54. The van der Waals surface area contributed by atoms with Crippen LogP contribution in [0.2, 0.25) is 0 Å². The summed E-state index contributed by atoms with van der Waals surface area (Å²) in [5.41, 5.74) is 0.0712. The van der Waals surface area contributed by atoms with E-state index < -0.39 is 16.0 Å². The molecule has 21 heavy (non-hydrogen) atoms. The molecule has 1 aliphatic rings. The Bertz CT molecular complexity index is 612. The number of hydrogen-bond donors (Lipinski definition) is 2. The SMILES string of the molecule is CC1CC(NS(=O)(=O)c2ccc(C(=O)O)cc2)CCN1C. The van der Waals surface area contributed by atoms with Gasteiger partial charge in [0, 0.05) is 12.1 Å². The summed E-state index contributed by atoms with van der Waals surface area (Å²) >= 11 is 0. The maximum atomic E-state index is 12.3. The van der Waals surface area contributed by atoms with Crippen molar-refractivity contribution in [2.24, 2.45) is 0 Å². The van der Waals surface area contributed by atoms with Gasteiger partial charge in [-0.05, 0) is 57.6 Å². The highest BCUT2D eigenvalue weighted by atomic mass is 32.2. The molecule has 1 aromatic rings. The Morgan fingerprint density at radius 1 is 1.33 bits per heavy atom. The lowest BCUT2D eigenvalue weighted by molar-refractivity contribution is 0.0696. The molecule has 0 radical (unpaired) electrons. The second kappa shape index (κ2) is 6.13. The third-order valence-electron chi connectivity index (χ3n) is 3.94. The summed E-state index contributed by atoms with van der Waals surface area (Å²) < 4.78 is 27.3. The van der Waals surface area contributed by atoms with Crippen LogP contribution in [0.4, 0.5) is 0 Å². The number of aromatic carboxylic acids is 1. The van der Waals surface area contributed by atoms with Crippen molar-refractivity contribution >= 4 is 16.0 Å². The number of rotatable bonds is 4. The van der Waals surface area contributed by atoms with E-state index in [4.69, 9.17) is 5.11 Å². The summed E-state index contributed by atoms with van der Waals surface area (Å²) in [5, 5.41) is 8.82. The molecular formula is C14H20N2O4S. The Labute approximate surface area is 124 Å². The van der Waals surface area contributed by atoms with Crippen LogP contribution in [-0.4, -0.2) is 50.1 Å². The molecule has 2 N–H and O–H groups in total. The molecule has 0 spiro atoms. The monoisotopic (exact) mass is 312 g/mol. The zero-order valence-electron chi connectivity index (χ0n) is 12.1. The van der Waals surface area contributed by atoms with Crippen LogP contribution in [0.3, 0.4) is 0 Å². The van der Waals surface area contributed by atoms with Gasteiger partial charge in [0.05, 0.1) is 10.5 Å². The highest BCUT2D eigenvalue weighted by molar-refractivity contribution is 7.89. The number of sulfonamides is 1. The van der Waals surface area contributed by atoms with E-state index >= 15 is 0 Å². The van der Waals surface area contributed by atoms with Crippen LogP contribution in [0.5, 0.6) is 0 Å². The van der Waals surface area contributed by atoms with Crippen molar-refractivity contribution in [1.29, 1.82) is 0 Å². The second-order valence-corrected chi connectivity index (χ2v) is 7.22. The van der Waals surface area contributed by atoms with Crippen molar-refractivity contribution in [1.82, 2.24) is 9.62 Å². The Morgan fingerprint density at radius 2 is 1.95 bits per heavy atom. The molecule has 2 unspecified atom stereocenters. The average molecular weight is 312 g/mol. The van der Waals surface area contributed by atoms with Crippen LogP contribution in [0.25, 0.3) is 0 Å². The van der Waals surface area contributed by atoms with Crippen LogP contribution in [0.15, 0.2) is 29.2 Å². The maximum absolute atomic E-state index is 12.3. The first-order chi connectivity index (χ1) is 9.79. The molecule has 2 rings (SSSR count). The smallest absolute Gasteiger partial charge is 0.335 e. The first-order valence-electron chi connectivity index (χ1n) is 6.85. The van der Waals surface area contributed by atoms with Gasteiger partial charge in [-0.2, -0.15) is 0 Å². The van der Waals surface area contributed by atoms with E-state index in [1.807, 2.05) is 7.05 Å². The molecule has 0 saturated carbocycles. The highest BCUT2D eigenvalue weighted by Gasteiger charge is 2.27. The summed E-state index contributed by atoms with van der Waals surface area (Å²) in [6, 6.07) is 5.50. The van der Waals surface area contributed by atoms with Gasteiger partial charge in [-0.25, -0.2) is 17.9 Å². The van der Waals surface area contributed by atoms with Crippen LogP contribution in [0, 0.1) is 0 Å². The zero-order valence-corrected chi connectivity index (χ0v) is 12.9. The standard InChI is InChI=1S/C14H20N2O4S/c1-10-9-12(7-8-16(10)2)15-21(19,20)13-5-3-11(4-6-13)14(17)18/h3-6,10,12,15H,7-9H2,1-2H3,(H,17,18). The Hall–Kier alpha value is -1.44. The lowest BCUT2D eigenvalue weighted by atomic mass is 10.0. The van der Waals surface area contributed by atoms with Gasteiger partial charge in [0.15, 0.2) is 0 Å². The third-order valence-corrected chi connectivity index (χ3v) is 5.48. The molecule has 0 bridgehead atoms. The van der Waals surface area contributed by atoms with Crippen LogP contribution in [0.1, 0.15) is 30.1 Å². The Morgan fingerprint density at radius 3 is 2.48 bits per heavy atom. The molecule has 0 aliphatic carbocycles. The Kier molecular flexibility index (Phi) is 4.65. The summed E-state index contributed by atoms with van der Waals surface area (Å²) in [7, 11) is -1.58. The largest absolute Gasteiger partial charge is 0.478 e. The third kappa shape index (κ3) is 3.81. The van der Waals surface area contributed by atoms with Crippen molar-refractivity contribution in [3.05, 3.63) is 29.8 Å². The lowest BCUT2D eigenvalue weighted by Crippen LogP contribution is -2.47. The van der Waals surface area contributed by atoms with Crippen LogP contribution in [-0.2, 0) is 10.0 Å². The molecule has 1 saturated heterocycles. The molecule has 2 atom stereocenters. The van der Waals surface area contributed by atoms with E-state index in [0.29, 0.717) is 6.04 Å². The predicted octanol–water partition coefficient (Wildman–Crippen LogP) is 1.15. The van der Waals surface area contributed by atoms with Gasteiger partial charge in [-0.1, -0.05) is 0 Å². The number of hydrogen-bond acceptors (Lipinski definition) is 4. The van der Waals surface area contributed by atoms with Gasteiger partial charge < -0.3 is 10.0 Å². The minimum atomic E-state index is -3.60. The van der Waals surface area contributed by atoms with Gasteiger partial charge >= 0.3 is 5.97 Å². The number of carboxylic acid groups (broad SMARTS) is 1. The van der Waals surface area contributed by atoms with E-state index in [-0.39, 0.29) is 16.5 Å². The molecule has 1 fully saturated rings. The minimum Gasteiger partial charge on any atom is -0.478 e. The number of nitrogens with one attached hydrogen (secondary N) is 1. The van der Waals surface area contributed by atoms with Gasteiger partial charge in [0.2, 0.25) is 10.0 Å². The minimum absolute atomic E-state index is 0.0712. The van der Waals surface area contributed by atoms with Gasteiger partial charge in [0.1, 0.15) is 0 Å². The molecule has 0 aromatic heterocycles. The molecule has 0 amide bonds. The predicted molar refractivity (Wildman–Crippen MR) is 78.8 cm³/mol. The fourth-order valence-electron chi connectivity index (χ4n) is 2.46. The molecule has 6 nitrogen and oxygen atoms in total. The lowest BCUT2D eigenvalue weighted by Gasteiger charge is -2.35. The Balaban J connectivity index is 2.09. The van der Waals surface area contributed by atoms with E-state index in [0.717, 1.165) is 19.4 Å². The van der Waals surface area contributed by atoms with Crippen molar-refractivity contribution in [3.8, 4) is 0 Å². The van der Waals surface area contributed by atoms with Gasteiger partial charge in [-0.3, -0.25) is 0 Å². The van der Waals surface area contributed by atoms with E-state index in [2.05, 4.69) is 16.5 Å². The van der Waals surface area contributed by atoms with E-state index in [1.54, 1.807) is 0 Å². The fourth-order valence-corrected chi connectivity index (χ4v) is 3.74. The zero-order chi connectivity index (χ0) is 15.6. The average Bonchev–Trinajstić information content (AvgIpc) is 2.43. The number of carbonyl (C=O) groups is 1. The van der Waals surface area contributed by atoms with Crippen molar-refractivity contribution in [2.75, 3.05) is 13.6 Å². The van der Waals surface area contributed by atoms with Gasteiger partial charge in [0.25, 0.3) is 0 Å². The first kappa shape index (κ1) is 15.9. The number of carboxylic acids is 1. The summed E-state index contributed by atoms with van der Waals surface area (Å²) in [4.78, 5) is 13.1. The first-order valence-corrected chi connectivity index (χ1v) is 8.34. The normalized spacial score (nSPS) is 23.9. The maximum Gasteiger partial charge on any atom is 0.335 e. The fraction of sp³-hybridized carbons (Fsp3) is 0.500. The highest BCUT2D eigenvalue weighted by Crippen LogP contribution is 2.18. The topological polar surface area (TPSA) is 86.7 Å². The van der Waals surface area contributed by atoms with Crippen LogP contribution < -0.4 is 4.72 Å². The summed E-state index contributed by atoms with van der Waals surface area (Å²) in [5.74, 6) is -1.07. The molecule has 1 aliphatic heterocycles. The molecule has 1 heterocycles. The molecule has 1 aromatic carbocycles. The van der Waals surface area contributed by atoms with Gasteiger partial charge in [-0.15, -0.1) is 0 Å². The molecular weight excluding hydrogens is 292 g/mol. The second-order valence-electron chi connectivity index (χ2n) is 5.50. The van der Waals surface area contributed by atoms with Crippen LogP contribution >= 0.6 is 0 Å². The number of benzene rings is 1. The number of piperidine rings is 1.